The lowest BCUT2D eigenvalue weighted by molar-refractivity contribution is -0.137. The van der Waals surface area contributed by atoms with E-state index in [0.717, 1.165) is 0 Å². The van der Waals surface area contributed by atoms with E-state index in [2.05, 4.69) is 0 Å². The van der Waals surface area contributed by atoms with Crippen molar-refractivity contribution >= 4 is 12.0 Å². The van der Waals surface area contributed by atoms with Crippen LogP contribution in [0.3, 0.4) is 0 Å². The molecule has 1 aliphatic heterocycles. The lowest BCUT2D eigenvalue weighted by atomic mass is 10.1. The van der Waals surface area contributed by atoms with Crippen molar-refractivity contribution in [2.45, 2.75) is 32.3 Å². The molecule has 1 heterocycles. The van der Waals surface area contributed by atoms with Gasteiger partial charge in [0.25, 0.3) is 0 Å². The zero-order chi connectivity index (χ0) is 13.1. The minimum atomic E-state index is -1.02. The molecule has 0 aromatic heterocycles. The maximum Gasteiger partial charge on any atom is 0.323 e. The van der Waals surface area contributed by atoms with Gasteiger partial charge in [0, 0.05) is 13.1 Å². The highest BCUT2D eigenvalue weighted by atomic mass is 16.4. The zero-order valence-corrected chi connectivity index (χ0v) is 10.3. The molecule has 2 amide bonds. The maximum atomic E-state index is 12.0. The topological polar surface area (TPSA) is 81.1 Å². The van der Waals surface area contributed by atoms with Crippen LogP contribution in [-0.2, 0) is 4.79 Å². The van der Waals surface area contributed by atoms with Gasteiger partial charge in [-0.25, -0.2) is 4.79 Å². The normalized spacial score (nSPS) is 23.8. The summed E-state index contributed by atoms with van der Waals surface area (Å²) in [6, 6.07) is -0.299. The van der Waals surface area contributed by atoms with Crippen molar-refractivity contribution in [2.24, 2.45) is 0 Å². The van der Waals surface area contributed by atoms with Crippen LogP contribution in [0.2, 0.25) is 0 Å². The maximum absolute atomic E-state index is 12.0. The van der Waals surface area contributed by atoms with Crippen LogP contribution >= 0.6 is 0 Å². The molecule has 0 bridgehead atoms. The van der Waals surface area contributed by atoms with E-state index < -0.39 is 11.6 Å². The van der Waals surface area contributed by atoms with Gasteiger partial charge in [-0.3, -0.25) is 4.79 Å². The summed E-state index contributed by atoms with van der Waals surface area (Å²) < 4.78 is 0. The molecular formula is C11H20N2O4. The molecule has 0 aromatic rings. The molecule has 1 aliphatic rings. The Morgan fingerprint density at radius 1 is 1.47 bits per heavy atom. The molecule has 1 rings (SSSR count). The Hall–Kier alpha value is -1.30. The van der Waals surface area contributed by atoms with E-state index in [9.17, 15) is 14.7 Å². The third-order valence-electron chi connectivity index (χ3n) is 2.81. The SMILES string of the molecule is CCCN(CC(=O)O)C(=O)N1CCC(C)(O)C1. The number of β-amino-alcohol motifs (C(OH)–C–C–N with tert-alkyl or cyclic N) is 1. The van der Waals surface area contributed by atoms with Crippen LogP contribution in [0.1, 0.15) is 26.7 Å². The second kappa shape index (κ2) is 5.35. The Bertz CT molecular complexity index is 304. The van der Waals surface area contributed by atoms with E-state index >= 15 is 0 Å². The van der Waals surface area contributed by atoms with Crippen molar-refractivity contribution in [1.29, 1.82) is 0 Å². The average Bonchev–Trinajstić information content (AvgIpc) is 2.56. The molecule has 0 saturated carbocycles. The van der Waals surface area contributed by atoms with Gasteiger partial charge in [0.15, 0.2) is 0 Å². The fraction of sp³-hybridized carbons (Fsp3) is 0.818. The van der Waals surface area contributed by atoms with Crippen molar-refractivity contribution in [3.05, 3.63) is 0 Å². The summed E-state index contributed by atoms with van der Waals surface area (Å²) in [7, 11) is 0. The van der Waals surface area contributed by atoms with Gasteiger partial charge in [0.1, 0.15) is 6.54 Å². The Labute approximate surface area is 101 Å². The van der Waals surface area contributed by atoms with Crippen LogP contribution in [0.25, 0.3) is 0 Å². The zero-order valence-electron chi connectivity index (χ0n) is 10.3. The molecule has 6 heteroatoms. The van der Waals surface area contributed by atoms with Crippen LogP contribution in [-0.4, -0.2) is 63.8 Å². The largest absolute Gasteiger partial charge is 0.480 e. The number of likely N-dealkylation sites (tertiary alicyclic amines) is 1. The smallest absolute Gasteiger partial charge is 0.323 e. The van der Waals surface area contributed by atoms with Crippen LogP contribution in [0.15, 0.2) is 0 Å². The Balaban J connectivity index is 2.62. The number of urea groups is 1. The first-order valence-corrected chi connectivity index (χ1v) is 5.84. The molecule has 0 aromatic carbocycles. The van der Waals surface area contributed by atoms with Gasteiger partial charge < -0.3 is 20.0 Å². The summed E-state index contributed by atoms with van der Waals surface area (Å²) in [5.41, 5.74) is -0.850. The van der Waals surface area contributed by atoms with E-state index in [1.807, 2.05) is 6.92 Å². The van der Waals surface area contributed by atoms with E-state index in [0.29, 0.717) is 25.9 Å². The number of nitrogens with zero attached hydrogens (tertiary/aromatic N) is 2. The number of rotatable bonds is 4. The predicted molar refractivity (Wildman–Crippen MR) is 61.7 cm³/mol. The average molecular weight is 244 g/mol. The lowest BCUT2D eigenvalue weighted by Gasteiger charge is -2.27. The highest BCUT2D eigenvalue weighted by molar-refractivity contribution is 5.80. The summed E-state index contributed by atoms with van der Waals surface area (Å²) in [6.07, 6.45) is 1.25. The number of carboxylic acid groups (broad SMARTS) is 1. The number of carbonyl (C=O) groups excluding carboxylic acids is 1. The molecule has 1 saturated heterocycles. The molecule has 98 valence electrons. The number of aliphatic hydroxyl groups is 1. The van der Waals surface area contributed by atoms with Crippen LogP contribution < -0.4 is 0 Å². The number of carboxylic acids is 1. The van der Waals surface area contributed by atoms with Gasteiger partial charge in [-0.1, -0.05) is 6.92 Å². The van der Waals surface area contributed by atoms with Crippen molar-refractivity contribution in [2.75, 3.05) is 26.2 Å². The van der Waals surface area contributed by atoms with E-state index in [4.69, 9.17) is 5.11 Å². The standard InChI is InChI=1S/C11H20N2O4/c1-3-5-12(7-9(14)15)10(16)13-6-4-11(2,17)8-13/h17H,3-8H2,1-2H3,(H,14,15). The molecule has 6 nitrogen and oxygen atoms in total. The summed E-state index contributed by atoms with van der Waals surface area (Å²) >= 11 is 0. The fourth-order valence-electron chi connectivity index (χ4n) is 1.98. The summed E-state index contributed by atoms with van der Waals surface area (Å²) in [4.78, 5) is 25.5. The highest BCUT2D eigenvalue weighted by Gasteiger charge is 2.35. The predicted octanol–water partition coefficient (Wildman–Crippen LogP) is 0.360. The van der Waals surface area contributed by atoms with Crippen LogP contribution in [0.4, 0.5) is 4.79 Å². The Morgan fingerprint density at radius 3 is 2.53 bits per heavy atom. The minimum absolute atomic E-state index is 0.270. The molecule has 1 atom stereocenters. The van der Waals surface area contributed by atoms with Gasteiger partial charge >= 0.3 is 12.0 Å². The third-order valence-corrected chi connectivity index (χ3v) is 2.81. The van der Waals surface area contributed by atoms with Gasteiger partial charge in [-0.15, -0.1) is 0 Å². The molecule has 0 aliphatic carbocycles. The number of aliphatic carboxylic acids is 1. The van der Waals surface area contributed by atoms with Gasteiger partial charge in [-0.05, 0) is 19.8 Å². The van der Waals surface area contributed by atoms with E-state index in [1.165, 1.54) is 9.80 Å². The van der Waals surface area contributed by atoms with E-state index in [1.54, 1.807) is 6.92 Å². The van der Waals surface area contributed by atoms with Gasteiger partial charge in [0.2, 0.25) is 0 Å². The first-order valence-electron chi connectivity index (χ1n) is 5.84. The first kappa shape index (κ1) is 13.8. The van der Waals surface area contributed by atoms with Crippen LogP contribution in [0.5, 0.6) is 0 Å². The number of amides is 2. The first-order chi connectivity index (χ1) is 7.85. The highest BCUT2D eigenvalue weighted by Crippen LogP contribution is 2.21. The van der Waals surface area contributed by atoms with Crippen molar-refractivity contribution in [3.8, 4) is 0 Å². The quantitative estimate of drug-likeness (QED) is 0.748. The summed E-state index contributed by atoms with van der Waals surface area (Å²) in [5, 5.41) is 18.5. The monoisotopic (exact) mass is 244 g/mol. The van der Waals surface area contributed by atoms with Crippen molar-refractivity contribution in [1.82, 2.24) is 9.80 Å². The van der Waals surface area contributed by atoms with Crippen molar-refractivity contribution in [3.63, 3.8) is 0 Å². The molecule has 1 unspecified atom stereocenters. The fourth-order valence-corrected chi connectivity index (χ4v) is 1.98. The molecular weight excluding hydrogens is 224 g/mol. The van der Waals surface area contributed by atoms with Gasteiger partial charge in [0.05, 0.1) is 12.1 Å². The van der Waals surface area contributed by atoms with Crippen LogP contribution in [0, 0.1) is 0 Å². The molecule has 0 spiro atoms. The summed E-state index contributed by atoms with van der Waals surface area (Å²) in [6.45, 7) is 4.45. The summed E-state index contributed by atoms with van der Waals surface area (Å²) in [5.74, 6) is -1.02. The molecule has 0 radical (unpaired) electrons. The van der Waals surface area contributed by atoms with E-state index in [-0.39, 0.29) is 19.1 Å². The Morgan fingerprint density at radius 2 is 2.12 bits per heavy atom. The number of carbonyl (C=O) groups is 2. The Kier molecular flexibility index (Phi) is 4.34. The number of hydrogen-bond acceptors (Lipinski definition) is 3. The van der Waals surface area contributed by atoms with Crippen molar-refractivity contribution < 1.29 is 19.8 Å². The molecule has 1 fully saturated rings. The number of hydrogen-bond donors (Lipinski definition) is 2. The second-order valence-corrected chi connectivity index (χ2v) is 4.77. The molecule has 17 heavy (non-hydrogen) atoms. The lowest BCUT2D eigenvalue weighted by Crippen LogP contribution is -2.45. The molecule has 2 N–H and O–H groups in total. The van der Waals surface area contributed by atoms with Gasteiger partial charge in [-0.2, -0.15) is 0 Å². The third kappa shape index (κ3) is 3.89. The second-order valence-electron chi connectivity index (χ2n) is 4.77. The minimum Gasteiger partial charge on any atom is -0.480 e.